The van der Waals surface area contributed by atoms with Gasteiger partial charge in [0.2, 0.25) is 0 Å². The summed E-state index contributed by atoms with van der Waals surface area (Å²) in [4.78, 5) is 8.91. The SMILES string of the molecule is [2H]c1c([2H])c([2H])c2c(c1[2H])-c1ccccc1B1N(c3cccc(Oc4[c-]c(-n5[c](=[Pt])n(-c6c(-c7ccccc7)cc(C([2H])([2H])[2H])cc6-c6ccc(C(C)(C)C)cc6)c6ccccc65)ccc4C([2H])([2H])[2H])n3)c3[c-]cccc3N12. The number of pyridine rings is 1. The Morgan fingerprint density at radius 1 is 0.662 bits per heavy atom. The summed E-state index contributed by atoms with van der Waals surface area (Å²) in [6.07, 6.45) is 0. The quantitative estimate of drug-likeness (QED) is 0.118. The van der Waals surface area contributed by atoms with Gasteiger partial charge in [0.15, 0.2) is 0 Å². The molecule has 0 saturated carbocycles. The van der Waals surface area contributed by atoms with Gasteiger partial charge < -0.3 is 0 Å². The molecule has 6 nitrogen and oxygen atoms in total. The van der Waals surface area contributed by atoms with Gasteiger partial charge in [0.25, 0.3) is 0 Å². The third-order valence-corrected chi connectivity index (χ3v) is 13.7. The number of nitrogens with zero attached hydrogens (tertiary/aromatic N) is 5. The van der Waals surface area contributed by atoms with Crippen molar-refractivity contribution in [3.05, 3.63) is 221 Å². The van der Waals surface area contributed by atoms with E-state index in [2.05, 4.69) is 69.0 Å². The Morgan fingerprint density at radius 3 is 2.18 bits per heavy atom. The third-order valence-electron chi connectivity index (χ3n) is 12.7. The molecule has 0 amide bonds. The molecule has 68 heavy (non-hydrogen) atoms. The number of hydrogen-bond acceptors (Lipinski definition) is 4. The molecule has 8 aromatic carbocycles. The molecule has 0 spiro atoms. The second-order valence-corrected chi connectivity index (χ2v) is 18.9. The van der Waals surface area contributed by atoms with E-state index < -0.39 is 20.7 Å². The van der Waals surface area contributed by atoms with Gasteiger partial charge >= 0.3 is 336 Å². The van der Waals surface area contributed by atoms with Crippen molar-refractivity contribution in [2.75, 3.05) is 9.62 Å². The smallest absolute Gasteiger partial charge is 0.175 e. The van der Waals surface area contributed by atoms with Crippen LogP contribution in [0, 0.1) is 29.6 Å². The first kappa shape index (κ1) is 32.3. The zero-order chi connectivity index (χ0) is 54.7. The molecule has 332 valence electrons. The molecule has 2 aromatic heterocycles. The number of anilines is 4. The van der Waals surface area contributed by atoms with Gasteiger partial charge in [-0.05, 0) is 11.6 Å². The predicted molar refractivity (Wildman–Crippen MR) is 275 cm³/mol. The first-order valence-corrected chi connectivity index (χ1v) is 23.4. The van der Waals surface area contributed by atoms with E-state index in [-0.39, 0.29) is 52.3 Å². The molecule has 12 rings (SSSR count). The Labute approximate surface area is 423 Å². The van der Waals surface area contributed by atoms with E-state index in [0.29, 0.717) is 54.6 Å². The summed E-state index contributed by atoms with van der Waals surface area (Å²) in [7, 11) is 0. The third kappa shape index (κ3) is 6.90. The molecule has 0 N–H and O–H groups in total. The predicted octanol–water partition coefficient (Wildman–Crippen LogP) is 14.2. The van der Waals surface area contributed by atoms with E-state index in [1.165, 1.54) is 6.07 Å². The number of benzene rings is 8. The molecular formula is C60H46BN5OPt-2. The number of aromatic nitrogens is 3. The summed E-state index contributed by atoms with van der Waals surface area (Å²) in [5.41, 5.74) is 10.3. The van der Waals surface area contributed by atoms with Crippen molar-refractivity contribution in [3.63, 3.8) is 0 Å². The Balaban J connectivity index is 1.02. The van der Waals surface area contributed by atoms with Crippen molar-refractivity contribution in [2.45, 2.75) is 39.9 Å². The van der Waals surface area contributed by atoms with Gasteiger partial charge in [0, 0.05) is 11.3 Å². The summed E-state index contributed by atoms with van der Waals surface area (Å²) in [5, 5.41) is 0. The topological polar surface area (TPSA) is 38.5 Å². The number of fused-ring (bicyclic) bond motifs is 9. The van der Waals surface area contributed by atoms with Crippen LogP contribution in [0.1, 0.15) is 51.2 Å². The number of para-hydroxylation sites is 4. The fraction of sp³-hybridized carbons (Fsp3) is 0.100. The van der Waals surface area contributed by atoms with Crippen molar-refractivity contribution >= 4 is 46.4 Å². The van der Waals surface area contributed by atoms with E-state index in [1.807, 2.05) is 117 Å². The first-order valence-electron chi connectivity index (χ1n) is 27.2. The van der Waals surface area contributed by atoms with Crippen LogP contribution in [0.2, 0.25) is 0 Å². The number of imidazole rings is 1. The van der Waals surface area contributed by atoms with Gasteiger partial charge in [-0.2, -0.15) is 12.1 Å². The van der Waals surface area contributed by atoms with Crippen LogP contribution < -0.4 is 19.8 Å². The molecule has 2 aliphatic heterocycles. The second-order valence-electron chi connectivity index (χ2n) is 17.9. The molecule has 0 fully saturated rings. The van der Waals surface area contributed by atoms with E-state index in [0.717, 1.165) is 38.9 Å². The normalized spacial score (nSPS) is 15.3. The molecule has 0 bridgehead atoms. The number of hydrogen-bond donors (Lipinski definition) is 0. The monoisotopic (exact) mass is 1070 g/mol. The number of rotatable bonds is 7. The summed E-state index contributed by atoms with van der Waals surface area (Å²) in [6, 6.07) is 56.6. The zero-order valence-electron chi connectivity index (χ0n) is 47.1. The van der Waals surface area contributed by atoms with Crippen molar-refractivity contribution in [2.24, 2.45) is 0 Å². The van der Waals surface area contributed by atoms with Crippen molar-refractivity contribution in [1.29, 1.82) is 0 Å². The maximum atomic E-state index is 9.20. The summed E-state index contributed by atoms with van der Waals surface area (Å²) in [6.45, 7) is 0.734. The van der Waals surface area contributed by atoms with Crippen molar-refractivity contribution in [1.82, 2.24) is 14.1 Å². The average molecular weight is 1070 g/mol. The van der Waals surface area contributed by atoms with Gasteiger partial charge in [-0.25, -0.2) is 0 Å². The van der Waals surface area contributed by atoms with Crippen LogP contribution in [-0.4, -0.2) is 21.1 Å². The van der Waals surface area contributed by atoms with Crippen LogP contribution in [0.25, 0.3) is 55.8 Å². The molecule has 10 aromatic rings. The van der Waals surface area contributed by atoms with Crippen LogP contribution >= 0.6 is 0 Å². The van der Waals surface area contributed by atoms with E-state index in [1.54, 1.807) is 42.5 Å². The Morgan fingerprint density at radius 2 is 1.40 bits per heavy atom. The van der Waals surface area contributed by atoms with Crippen molar-refractivity contribution < 1.29 is 37.8 Å². The van der Waals surface area contributed by atoms with E-state index in [4.69, 9.17) is 22.1 Å². The standard InChI is InChI=1S/C60H46BN5O.Pt/c1-40-36-48(42-18-7-6-8-19-42)59(49(37-40)43-31-33-44(34-32-43)60(3,4)5)64-39-63(52-24-13-14-25-53(52)64)45-35-30-41(2)56(38-45)67-58-29-17-28-57(62-58)66-55-27-16-15-26-54(55)65-51-23-12-10-21-47(51)46-20-9-11-22-50(46)61(65)66;/h6-26,28-37H,1-5H3;/q-2;/i1D3,2D3,10D,12D,21D,23D;. The minimum absolute atomic E-state index is 0.0694. The van der Waals surface area contributed by atoms with Crippen LogP contribution in [0.4, 0.5) is 22.9 Å². The Hall–Kier alpha value is -7.47. The van der Waals surface area contributed by atoms with Gasteiger partial charge in [-0.15, -0.1) is 6.07 Å². The summed E-state index contributed by atoms with van der Waals surface area (Å²) < 4.78 is 99.1. The number of aryl methyl sites for hydroxylation is 2. The molecule has 0 aliphatic carbocycles. The first-order chi connectivity index (χ1) is 37.2. The molecular weight excluding hydrogens is 1010 g/mol. The average Bonchev–Trinajstić information content (AvgIpc) is 3.74. The van der Waals surface area contributed by atoms with Crippen LogP contribution in [0.5, 0.6) is 11.6 Å². The van der Waals surface area contributed by atoms with Gasteiger partial charge in [0.1, 0.15) is 0 Å². The number of ether oxygens (including phenoxy) is 1. The Bertz CT molecular complexity index is 4130. The van der Waals surface area contributed by atoms with Gasteiger partial charge in [0.05, 0.1) is 5.48 Å². The summed E-state index contributed by atoms with van der Waals surface area (Å²) in [5.74, 6) is 0.399. The van der Waals surface area contributed by atoms with Gasteiger partial charge in [-0.3, -0.25) is 0 Å². The minimum Gasteiger partial charge on any atom is -0.175 e. The Kier molecular flexibility index (Phi) is 7.78. The molecule has 2 aliphatic rings. The minimum atomic E-state index is -2.64. The fourth-order valence-corrected chi connectivity index (χ4v) is 10.7. The maximum absolute atomic E-state index is 9.20. The van der Waals surface area contributed by atoms with Crippen LogP contribution in [-0.2, 0) is 24.8 Å². The second kappa shape index (κ2) is 16.4. The van der Waals surface area contributed by atoms with Crippen LogP contribution in [0.15, 0.2) is 188 Å². The van der Waals surface area contributed by atoms with Crippen molar-refractivity contribution in [3.8, 4) is 56.4 Å². The molecule has 0 radical (unpaired) electrons. The summed E-state index contributed by atoms with van der Waals surface area (Å²) >= 11 is 2.27. The molecule has 0 unspecified atom stereocenters. The molecule has 8 heteroatoms. The fourth-order valence-electron chi connectivity index (χ4n) is 9.58. The molecule has 4 heterocycles. The van der Waals surface area contributed by atoms with E-state index in [9.17, 15) is 1.37 Å². The van der Waals surface area contributed by atoms with Crippen LogP contribution in [0.3, 0.4) is 0 Å². The molecule has 0 atom stereocenters. The zero-order valence-corrected chi connectivity index (χ0v) is 39.4. The van der Waals surface area contributed by atoms with Gasteiger partial charge in [-0.1, -0.05) is 42.4 Å². The van der Waals surface area contributed by atoms with E-state index >= 15 is 0 Å². The molecule has 0 saturated heterocycles.